The summed E-state index contributed by atoms with van der Waals surface area (Å²) in [5.74, 6) is -4.77. The SMILES string of the molecule is [2H]c1ccc(N2C([2H])([2H])C([2H])([2H])N(C(=O)[C@H](COC)NC(=O)C([2H])([2H])[2H])C([2H])([2H])C2([2H])[2H])cc1OC(F)(F)F. The van der Waals surface area contributed by atoms with Gasteiger partial charge in [-0.3, -0.25) is 9.59 Å². The number of hydrogen-bond acceptors (Lipinski definition) is 5. The van der Waals surface area contributed by atoms with Gasteiger partial charge in [0, 0.05) is 55.8 Å². The fraction of sp³-hybridized carbons (Fsp3) is 0.529. The third-order valence-corrected chi connectivity index (χ3v) is 2.95. The molecule has 1 N–H and O–H groups in total. The van der Waals surface area contributed by atoms with Gasteiger partial charge in [-0.1, -0.05) is 6.07 Å². The first-order valence-electron chi connectivity index (χ1n) is 13.1. The minimum atomic E-state index is -5.32. The van der Waals surface area contributed by atoms with Crippen LogP contribution in [0.4, 0.5) is 18.9 Å². The molecule has 1 aliphatic rings. The Bertz CT molecular complexity index is 1090. The van der Waals surface area contributed by atoms with Crippen molar-refractivity contribution < 1.29 is 48.7 Å². The molecule has 7 nitrogen and oxygen atoms in total. The molecule has 1 aromatic rings. The number of ether oxygens (including phenoxy) is 2. The summed E-state index contributed by atoms with van der Waals surface area (Å²) >= 11 is 0. The fourth-order valence-electron chi connectivity index (χ4n) is 1.91. The predicted octanol–water partition coefficient (Wildman–Crippen LogP) is 1.38. The third-order valence-electron chi connectivity index (χ3n) is 2.95. The van der Waals surface area contributed by atoms with Gasteiger partial charge in [0.15, 0.2) is 0 Å². The van der Waals surface area contributed by atoms with E-state index in [4.69, 9.17) is 21.2 Å². The number of anilines is 1. The molecule has 10 heteroatoms. The standard InChI is InChI=1S/C17H22F3N3O4/c1-12(24)21-15(11-26-2)16(25)23-8-6-22(7-9-23)13-4-3-5-14(10-13)27-17(18,19)20/h3-5,10,15H,6-9,11H2,1-2H3,(H,21,24)/t15-/m0/s1/i1D3,5D,6D2,7D2,8D2,9D2. The number of benzene rings is 1. The van der Waals surface area contributed by atoms with E-state index in [9.17, 15) is 22.8 Å². The van der Waals surface area contributed by atoms with Crippen LogP contribution in [0.2, 0.25) is 0 Å². The maximum Gasteiger partial charge on any atom is 0.573 e. The van der Waals surface area contributed by atoms with Crippen LogP contribution in [0, 0.1) is 0 Å². The van der Waals surface area contributed by atoms with Crippen LogP contribution in [-0.4, -0.2) is 68.8 Å². The summed E-state index contributed by atoms with van der Waals surface area (Å²) in [6.45, 7) is -19.3. The molecule has 150 valence electrons. The molecule has 1 aromatic carbocycles. The number of carbonyl (C=O) groups is 2. The number of alkyl halides is 3. The van der Waals surface area contributed by atoms with Crippen molar-refractivity contribution in [2.75, 3.05) is 44.6 Å². The third kappa shape index (κ3) is 6.31. The van der Waals surface area contributed by atoms with Crippen molar-refractivity contribution >= 4 is 17.5 Å². The quantitative estimate of drug-likeness (QED) is 0.780. The monoisotopic (exact) mass is 401 g/mol. The first-order chi connectivity index (χ1) is 17.3. The molecule has 0 bridgehead atoms. The highest BCUT2D eigenvalue weighted by Crippen LogP contribution is 2.27. The van der Waals surface area contributed by atoms with E-state index in [0.717, 1.165) is 13.2 Å². The first-order valence-corrected chi connectivity index (χ1v) is 7.15. The second-order valence-electron chi connectivity index (χ2n) is 4.90. The Morgan fingerprint density at radius 1 is 1.41 bits per heavy atom. The van der Waals surface area contributed by atoms with Crippen LogP contribution in [0.1, 0.15) is 23.3 Å². The molecule has 2 rings (SSSR count). The highest BCUT2D eigenvalue weighted by molar-refractivity contribution is 5.87. The maximum absolute atomic E-state index is 13.3. The van der Waals surface area contributed by atoms with Crippen molar-refractivity contribution in [2.24, 2.45) is 0 Å². The minimum absolute atomic E-state index is 0.182. The molecule has 0 radical (unpaired) electrons. The van der Waals surface area contributed by atoms with E-state index in [1.54, 1.807) is 5.32 Å². The minimum Gasteiger partial charge on any atom is -0.406 e. The molecule has 1 heterocycles. The number of methoxy groups -OCH3 is 1. The van der Waals surface area contributed by atoms with Gasteiger partial charge >= 0.3 is 6.36 Å². The van der Waals surface area contributed by atoms with Gasteiger partial charge in [-0.15, -0.1) is 13.2 Å². The molecule has 0 aromatic heterocycles. The number of hydrogen-bond donors (Lipinski definition) is 1. The Morgan fingerprint density at radius 3 is 2.70 bits per heavy atom. The summed E-state index contributed by atoms with van der Waals surface area (Å²) in [5.41, 5.74) is -0.885. The second kappa shape index (κ2) is 8.94. The van der Waals surface area contributed by atoms with Gasteiger partial charge in [-0.25, -0.2) is 0 Å². The highest BCUT2D eigenvalue weighted by atomic mass is 19.4. The molecular weight excluding hydrogens is 367 g/mol. The number of piperazine rings is 1. The van der Waals surface area contributed by atoms with Gasteiger partial charge in [-0.2, -0.15) is 0 Å². The van der Waals surface area contributed by atoms with Crippen LogP contribution < -0.4 is 15.0 Å². The number of carbonyl (C=O) groups excluding carboxylic acids is 2. The van der Waals surface area contributed by atoms with Crippen molar-refractivity contribution in [1.29, 1.82) is 0 Å². The lowest BCUT2D eigenvalue weighted by molar-refractivity contribution is -0.274. The van der Waals surface area contributed by atoms with E-state index in [2.05, 4.69) is 4.74 Å². The summed E-state index contributed by atoms with van der Waals surface area (Å²) in [5, 5.41) is 1.71. The van der Waals surface area contributed by atoms with Crippen LogP contribution >= 0.6 is 0 Å². The van der Waals surface area contributed by atoms with E-state index >= 15 is 0 Å². The van der Waals surface area contributed by atoms with Gasteiger partial charge < -0.3 is 24.6 Å². The zero-order chi connectivity index (χ0) is 30.6. The average Bonchev–Trinajstić information content (AvgIpc) is 2.72. The van der Waals surface area contributed by atoms with Gasteiger partial charge in [0.25, 0.3) is 0 Å². The number of halogens is 3. The molecule has 1 atom stereocenters. The van der Waals surface area contributed by atoms with Crippen LogP contribution in [-0.2, 0) is 14.3 Å². The molecule has 2 amide bonds. The number of rotatable bonds is 6. The Morgan fingerprint density at radius 2 is 2.11 bits per heavy atom. The molecule has 0 aliphatic carbocycles. The molecular formula is C17H22F3N3O4. The predicted molar refractivity (Wildman–Crippen MR) is 91.4 cm³/mol. The van der Waals surface area contributed by atoms with Gasteiger partial charge in [0.05, 0.1) is 18.9 Å². The van der Waals surface area contributed by atoms with Crippen LogP contribution in [0.3, 0.4) is 0 Å². The van der Waals surface area contributed by atoms with Crippen molar-refractivity contribution in [2.45, 2.75) is 19.3 Å². The molecule has 1 aliphatic heterocycles. The topological polar surface area (TPSA) is 71.1 Å². The fourth-order valence-corrected chi connectivity index (χ4v) is 1.91. The Labute approximate surface area is 171 Å². The maximum atomic E-state index is 13.3. The number of amides is 2. The Kier molecular flexibility index (Phi) is 3.19. The molecule has 27 heavy (non-hydrogen) atoms. The van der Waals surface area contributed by atoms with Crippen molar-refractivity contribution in [3.8, 4) is 5.75 Å². The smallest absolute Gasteiger partial charge is 0.406 e. The summed E-state index contributed by atoms with van der Waals surface area (Å²) < 4.78 is 142. The van der Waals surface area contributed by atoms with E-state index in [1.807, 2.05) is 0 Å². The van der Waals surface area contributed by atoms with Crippen LogP contribution in [0.15, 0.2) is 24.2 Å². The zero-order valence-corrected chi connectivity index (χ0v) is 13.7. The molecule has 1 fully saturated rings. The second-order valence-corrected chi connectivity index (χ2v) is 4.90. The van der Waals surface area contributed by atoms with Gasteiger partial charge in [0.2, 0.25) is 11.8 Å². The summed E-state index contributed by atoms with van der Waals surface area (Å²) in [7, 11) is 0.984. The van der Waals surface area contributed by atoms with Crippen LogP contribution in [0.5, 0.6) is 5.75 Å². The van der Waals surface area contributed by atoms with Crippen molar-refractivity contribution in [3.63, 3.8) is 0 Å². The molecule has 1 saturated heterocycles. The van der Waals surface area contributed by atoms with Crippen LogP contribution in [0.25, 0.3) is 0 Å². The first kappa shape index (κ1) is 9.63. The Hall–Kier alpha value is -2.49. The lowest BCUT2D eigenvalue weighted by Gasteiger charge is -2.37. The molecule has 0 spiro atoms. The van der Waals surface area contributed by atoms with Gasteiger partial charge in [0.1, 0.15) is 11.8 Å². The molecule has 0 unspecified atom stereocenters. The van der Waals surface area contributed by atoms with E-state index in [1.165, 1.54) is 0 Å². The number of nitrogens with zero attached hydrogens (tertiary/aromatic N) is 2. The van der Waals surface area contributed by atoms with Crippen molar-refractivity contribution in [1.82, 2.24) is 10.2 Å². The normalized spacial score (nSPS) is 30.5. The summed E-state index contributed by atoms with van der Waals surface area (Å²) in [6, 6.07) is -1.29. The van der Waals surface area contributed by atoms with Gasteiger partial charge in [-0.05, 0) is 12.1 Å². The van der Waals surface area contributed by atoms with E-state index < -0.39 is 86.0 Å². The largest absolute Gasteiger partial charge is 0.573 e. The highest BCUT2D eigenvalue weighted by Gasteiger charge is 2.32. The lowest BCUT2D eigenvalue weighted by Crippen LogP contribution is -2.56. The zero-order valence-electron chi connectivity index (χ0n) is 25.7. The lowest BCUT2D eigenvalue weighted by atomic mass is 10.2. The Balaban J connectivity index is 2.70. The van der Waals surface area contributed by atoms with E-state index in [-0.39, 0.29) is 4.90 Å². The summed E-state index contributed by atoms with van der Waals surface area (Å²) in [4.78, 5) is 24.6. The summed E-state index contributed by atoms with van der Waals surface area (Å²) in [6.07, 6.45) is -5.32. The van der Waals surface area contributed by atoms with E-state index in [0.29, 0.717) is 12.1 Å². The average molecular weight is 401 g/mol. The molecule has 0 saturated carbocycles. The van der Waals surface area contributed by atoms with Crippen molar-refractivity contribution in [3.05, 3.63) is 24.2 Å². The number of nitrogens with one attached hydrogen (secondary N) is 1.